The van der Waals surface area contributed by atoms with Crippen LogP contribution in [0.2, 0.25) is 0 Å². The fourth-order valence-electron chi connectivity index (χ4n) is 2.86. The van der Waals surface area contributed by atoms with E-state index in [1.165, 1.54) is 12.8 Å². The molecule has 2 aromatic carbocycles. The summed E-state index contributed by atoms with van der Waals surface area (Å²) in [5.74, 6) is 2.04. The van der Waals surface area contributed by atoms with E-state index >= 15 is 0 Å². The average molecular weight is 279 g/mol. The zero-order chi connectivity index (χ0) is 14.2. The van der Waals surface area contributed by atoms with Crippen LogP contribution in [-0.2, 0) is 4.79 Å². The Bertz CT molecular complexity index is 646. The molecule has 0 radical (unpaired) electrons. The highest BCUT2D eigenvalue weighted by molar-refractivity contribution is 5.89. The van der Waals surface area contributed by atoms with Gasteiger partial charge in [0.15, 0.2) is 0 Å². The van der Waals surface area contributed by atoms with E-state index in [-0.39, 0.29) is 11.8 Å². The molecule has 0 atom stereocenters. The molecule has 3 nitrogen and oxygen atoms in total. The maximum absolute atomic E-state index is 12.7. The van der Waals surface area contributed by atoms with Gasteiger partial charge in [-0.3, -0.25) is 4.79 Å². The van der Waals surface area contributed by atoms with Crippen molar-refractivity contribution in [1.29, 1.82) is 0 Å². The lowest BCUT2D eigenvalue weighted by molar-refractivity contribution is -0.121. The molecule has 1 aliphatic carbocycles. The van der Waals surface area contributed by atoms with E-state index in [1.54, 1.807) is 0 Å². The second-order valence-corrected chi connectivity index (χ2v) is 5.80. The largest absolute Gasteiger partial charge is 0.457 e. The molecule has 21 heavy (non-hydrogen) atoms. The van der Waals surface area contributed by atoms with Gasteiger partial charge in [0.1, 0.15) is 11.5 Å². The molecule has 2 aliphatic rings. The van der Waals surface area contributed by atoms with Gasteiger partial charge in [0, 0.05) is 17.7 Å². The second kappa shape index (κ2) is 4.92. The minimum Gasteiger partial charge on any atom is -0.457 e. The van der Waals surface area contributed by atoms with Crippen molar-refractivity contribution in [2.24, 2.45) is 5.92 Å². The standard InChI is InChI=1S/C18H17NO2/c20-18(19-11-12-9-10-12)17-13-5-1-3-7-15(13)21-16-8-4-2-6-14(16)17/h1-8,12,17H,9-11H2,(H,19,20). The first-order valence-corrected chi connectivity index (χ1v) is 7.46. The lowest BCUT2D eigenvalue weighted by Gasteiger charge is -2.27. The molecule has 1 fully saturated rings. The van der Waals surface area contributed by atoms with Gasteiger partial charge in [-0.2, -0.15) is 0 Å². The Labute approximate surface area is 123 Å². The lowest BCUT2D eigenvalue weighted by atomic mass is 9.87. The highest BCUT2D eigenvalue weighted by Crippen LogP contribution is 2.43. The second-order valence-electron chi connectivity index (χ2n) is 5.80. The topological polar surface area (TPSA) is 38.3 Å². The van der Waals surface area contributed by atoms with Crippen LogP contribution in [-0.4, -0.2) is 12.5 Å². The van der Waals surface area contributed by atoms with Gasteiger partial charge < -0.3 is 10.1 Å². The Morgan fingerprint density at radius 1 is 1.00 bits per heavy atom. The number of para-hydroxylation sites is 2. The molecule has 0 saturated heterocycles. The van der Waals surface area contributed by atoms with E-state index in [2.05, 4.69) is 5.32 Å². The highest BCUT2D eigenvalue weighted by atomic mass is 16.5. The van der Waals surface area contributed by atoms with Crippen LogP contribution in [0, 0.1) is 5.92 Å². The molecule has 0 bridgehead atoms. The quantitative estimate of drug-likeness (QED) is 0.934. The van der Waals surface area contributed by atoms with E-state index in [4.69, 9.17) is 4.74 Å². The number of carbonyl (C=O) groups excluding carboxylic acids is 1. The van der Waals surface area contributed by atoms with E-state index in [0.29, 0.717) is 5.92 Å². The van der Waals surface area contributed by atoms with Crippen molar-refractivity contribution in [2.45, 2.75) is 18.8 Å². The minimum atomic E-state index is -0.273. The Kier molecular flexibility index (Phi) is 2.92. The van der Waals surface area contributed by atoms with E-state index in [0.717, 1.165) is 29.2 Å². The van der Waals surface area contributed by atoms with E-state index in [1.807, 2.05) is 48.5 Å². The number of benzene rings is 2. The first-order valence-electron chi connectivity index (χ1n) is 7.46. The summed E-state index contributed by atoms with van der Waals surface area (Å²) in [5, 5.41) is 3.10. The summed E-state index contributed by atoms with van der Waals surface area (Å²) in [5.41, 5.74) is 1.90. The van der Waals surface area contributed by atoms with Gasteiger partial charge in [0.05, 0.1) is 5.92 Å². The molecular weight excluding hydrogens is 262 g/mol. The fourth-order valence-corrected chi connectivity index (χ4v) is 2.86. The summed E-state index contributed by atoms with van der Waals surface area (Å²) in [6.07, 6.45) is 2.47. The van der Waals surface area contributed by atoms with Crippen LogP contribution in [0.15, 0.2) is 48.5 Å². The molecule has 3 heteroatoms. The lowest BCUT2D eigenvalue weighted by Crippen LogP contribution is -2.32. The molecule has 0 spiro atoms. The van der Waals surface area contributed by atoms with Crippen LogP contribution < -0.4 is 10.1 Å². The number of nitrogens with one attached hydrogen (secondary N) is 1. The van der Waals surface area contributed by atoms with Crippen molar-refractivity contribution in [1.82, 2.24) is 5.32 Å². The third-order valence-corrected chi connectivity index (χ3v) is 4.20. The maximum Gasteiger partial charge on any atom is 0.232 e. The molecule has 1 heterocycles. The van der Waals surface area contributed by atoms with Crippen molar-refractivity contribution >= 4 is 5.91 Å². The Morgan fingerprint density at radius 2 is 1.57 bits per heavy atom. The minimum absolute atomic E-state index is 0.0742. The Morgan fingerprint density at radius 3 is 2.14 bits per heavy atom. The molecule has 1 N–H and O–H groups in total. The number of hydrogen-bond donors (Lipinski definition) is 1. The van der Waals surface area contributed by atoms with Crippen LogP contribution >= 0.6 is 0 Å². The van der Waals surface area contributed by atoms with Crippen molar-refractivity contribution in [3.63, 3.8) is 0 Å². The molecule has 1 saturated carbocycles. The Balaban J connectivity index is 1.71. The zero-order valence-electron chi connectivity index (χ0n) is 11.7. The molecule has 2 aromatic rings. The number of hydrogen-bond acceptors (Lipinski definition) is 2. The van der Waals surface area contributed by atoms with Crippen LogP contribution in [0.4, 0.5) is 0 Å². The zero-order valence-corrected chi connectivity index (χ0v) is 11.7. The van der Waals surface area contributed by atoms with Crippen LogP contribution in [0.5, 0.6) is 11.5 Å². The average Bonchev–Trinajstić information content (AvgIpc) is 3.34. The predicted molar refractivity (Wildman–Crippen MR) is 80.5 cm³/mol. The fraction of sp³-hybridized carbons (Fsp3) is 0.278. The third-order valence-electron chi connectivity index (χ3n) is 4.20. The van der Waals surface area contributed by atoms with E-state index < -0.39 is 0 Å². The summed E-state index contributed by atoms with van der Waals surface area (Å²) in [4.78, 5) is 12.7. The van der Waals surface area contributed by atoms with Gasteiger partial charge in [-0.25, -0.2) is 0 Å². The molecule has 1 amide bonds. The molecular formula is C18H17NO2. The van der Waals surface area contributed by atoms with E-state index in [9.17, 15) is 4.79 Å². The highest BCUT2D eigenvalue weighted by Gasteiger charge is 2.33. The van der Waals surface area contributed by atoms with Gasteiger partial charge in [-0.15, -0.1) is 0 Å². The van der Waals surface area contributed by atoms with Gasteiger partial charge in [-0.05, 0) is 30.9 Å². The van der Waals surface area contributed by atoms with Gasteiger partial charge in [0.2, 0.25) is 5.91 Å². The molecule has 106 valence electrons. The summed E-state index contributed by atoms with van der Waals surface area (Å²) >= 11 is 0. The summed E-state index contributed by atoms with van der Waals surface area (Å²) in [6, 6.07) is 15.6. The number of ether oxygens (including phenoxy) is 1. The molecule has 4 rings (SSSR count). The van der Waals surface area contributed by atoms with Crippen molar-refractivity contribution in [2.75, 3.05) is 6.54 Å². The summed E-state index contributed by atoms with van der Waals surface area (Å²) in [7, 11) is 0. The van der Waals surface area contributed by atoms with Crippen LogP contribution in [0.1, 0.15) is 29.9 Å². The maximum atomic E-state index is 12.7. The summed E-state index contributed by atoms with van der Waals surface area (Å²) in [6.45, 7) is 0.792. The van der Waals surface area contributed by atoms with Crippen LogP contribution in [0.3, 0.4) is 0 Å². The summed E-state index contributed by atoms with van der Waals surface area (Å²) < 4.78 is 5.92. The molecule has 0 aromatic heterocycles. The van der Waals surface area contributed by atoms with Crippen molar-refractivity contribution in [3.8, 4) is 11.5 Å². The first-order chi connectivity index (χ1) is 10.3. The van der Waals surface area contributed by atoms with Crippen molar-refractivity contribution < 1.29 is 9.53 Å². The third kappa shape index (κ3) is 2.29. The number of carbonyl (C=O) groups is 1. The molecule has 0 unspecified atom stereocenters. The number of rotatable bonds is 3. The van der Waals surface area contributed by atoms with Gasteiger partial charge >= 0.3 is 0 Å². The normalized spacial score (nSPS) is 16.6. The van der Waals surface area contributed by atoms with Gasteiger partial charge in [0.25, 0.3) is 0 Å². The monoisotopic (exact) mass is 279 g/mol. The van der Waals surface area contributed by atoms with Crippen LogP contribution in [0.25, 0.3) is 0 Å². The number of fused-ring (bicyclic) bond motifs is 2. The SMILES string of the molecule is O=C(NCC1CC1)C1c2ccccc2Oc2ccccc21. The molecule has 1 aliphatic heterocycles. The van der Waals surface area contributed by atoms with Crippen molar-refractivity contribution in [3.05, 3.63) is 59.7 Å². The Hall–Kier alpha value is -2.29. The number of amides is 1. The first kappa shape index (κ1) is 12.5. The smallest absolute Gasteiger partial charge is 0.232 e. The van der Waals surface area contributed by atoms with Gasteiger partial charge in [-0.1, -0.05) is 36.4 Å². The predicted octanol–water partition coefficient (Wildman–Crippen LogP) is 3.45.